The van der Waals surface area contributed by atoms with Crippen LogP contribution < -0.4 is 31.3 Å². The second-order valence-corrected chi connectivity index (χ2v) is 11.1. The first-order valence-electron chi connectivity index (χ1n) is 14.9. The van der Waals surface area contributed by atoms with Gasteiger partial charge in [0.05, 0.1) is 0 Å². The van der Waals surface area contributed by atoms with Crippen LogP contribution in [0.2, 0.25) is 0 Å². The van der Waals surface area contributed by atoms with Crippen LogP contribution in [0, 0.1) is 0 Å². The van der Waals surface area contributed by atoms with E-state index in [-0.39, 0.29) is 0 Å². The van der Waals surface area contributed by atoms with Crippen molar-refractivity contribution in [3.8, 4) is 0 Å². The minimum atomic E-state index is -1.22. The van der Waals surface area contributed by atoms with E-state index in [2.05, 4.69) is 201 Å². The van der Waals surface area contributed by atoms with Crippen molar-refractivity contribution in [2.24, 2.45) is 7.05 Å². The number of nitrogens with zero attached hydrogens (tertiary/aromatic N) is 2. The van der Waals surface area contributed by atoms with Crippen molar-refractivity contribution in [3.63, 3.8) is 0 Å². The molecule has 0 N–H and O–H groups in total. The van der Waals surface area contributed by atoms with Crippen molar-refractivity contribution in [2.45, 2.75) is 0 Å². The van der Waals surface area contributed by atoms with Crippen LogP contribution in [-0.4, -0.2) is 20.2 Å². The van der Waals surface area contributed by atoms with Gasteiger partial charge in [-0.3, -0.25) is 0 Å². The van der Waals surface area contributed by atoms with Gasteiger partial charge in [-0.1, -0.05) is 146 Å². The average molecular weight is 559 g/mol. The van der Waals surface area contributed by atoms with E-state index in [1.54, 1.807) is 0 Å². The van der Waals surface area contributed by atoms with Crippen molar-refractivity contribution in [2.75, 3.05) is 19.0 Å². The number of anilines is 1. The van der Waals surface area contributed by atoms with E-state index < -0.39 is 6.15 Å². The summed E-state index contributed by atoms with van der Waals surface area (Å²) in [6, 6.07) is 56.3. The number of benzene rings is 5. The normalized spacial score (nSPS) is 11.0. The van der Waals surface area contributed by atoms with Crippen molar-refractivity contribution < 1.29 is 4.57 Å². The Kier molecular flexibility index (Phi) is 9.66. The molecule has 0 aliphatic heterocycles. The predicted molar refractivity (Wildman–Crippen MR) is 187 cm³/mol. The molecule has 3 heteroatoms. The van der Waals surface area contributed by atoms with E-state index in [1.165, 1.54) is 38.7 Å². The SMILES string of the molecule is CN(C)c1ccc(/C=C/c2cc[n+](C)cc2)cc1.c1ccc([B-](c2ccccc2)(c2ccccc2)c2ccccc2)cc1. The molecule has 212 valence electrons. The maximum atomic E-state index is 2.26. The molecule has 5 aromatic carbocycles. The molecule has 6 rings (SSSR count). The molecule has 0 amide bonds. The maximum Gasteiger partial charge on any atom is 0.169 e. The van der Waals surface area contributed by atoms with E-state index >= 15 is 0 Å². The highest BCUT2D eigenvalue weighted by atomic mass is 15.1. The van der Waals surface area contributed by atoms with Crippen molar-refractivity contribution in [3.05, 3.63) is 181 Å². The van der Waals surface area contributed by atoms with Crippen molar-refractivity contribution in [1.82, 2.24) is 0 Å². The Morgan fingerprint density at radius 2 is 0.767 bits per heavy atom. The number of aromatic nitrogens is 1. The molecule has 43 heavy (non-hydrogen) atoms. The molecule has 0 aliphatic carbocycles. The molecule has 1 aromatic heterocycles. The second-order valence-electron chi connectivity index (χ2n) is 11.1. The van der Waals surface area contributed by atoms with Crippen LogP contribution in [0.25, 0.3) is 12.2 Å². The number of hydrogen-bond acceptors (Lipinski definition) is 1. The fourth-order valence-electron chi connectivity index (χ4n) is 5.82. The Balaban J connectivity index is 0.000000181. The van der Waals surface area contributed by atoms with Crippen LogP contribution in [-0.2, 0) is 7.05 Å². The van der Waals surface area contributed by atoms with Gasteiger partial charge in [0.1, 0.15) is 13.2 Å². The highest BCUT2D eigenvalue weighted by Crippen LogP contribution is 2.14. The van der Waals surface area contributed by atoms with Gasteiger partial charge in [0.15, 0.2) is 12.4 Å². The van der Waals surface area contributed by atoms with E-state index in [9.17, 15) is 0 Å². The summed E-state index contributed by atoms with van der Waals surface area (Å²) in [6.07, 6.45) is 7.15. The first-order chi connectivity index (χ1) is 21.1. The Morgan fingerprint density at radius 3 is 1.09 bits per heavy atom. The zero-order chi connectivity index (χ0) is 29.9. The Hall–Kier alpha value is -5.15. The fourth-order valence-corrected chi connectivity index (χ4v) is 5.82. The highest BCUT2D eigenvalue weighted by Gasteiger charge is 2.31. The molecule has 0 aliphatic rings. The van der Waals surface area contributed by atoms with Crippen LogP contribution in [0.1, 0.15) is 11.1 Å². The summed E-state index contributed by atoms with van der Waals surface area (Å²) in [5.74, 6) is 0. The largest absolute Gasteiger partial charge is 0.378 e. The predicted octanol–water partition coefficient (Wildman–Crippen LogP) is 5.81. The van der Waals surface area contributed by atoms with Crippen molar-refractivity contribution >= 4 is 45.8 Å². The standard InChI is InChI=1S/C24H20B.C16H19N2/c1-5-13-21(14-6-1)25(22-15-7-2-8-16-22,23-17-9-3-10-18-23)24-19-11-4-12-20-24;1-17(2)16-8-6-14(7-9-16)4-5-15-10-12-18(3)13-11-15/h1-20H;4-13H,1-3H3/q-1;+1. The van der Waals surface area contributed by atoms with Crippen molar-refractivity contribution in [1.29, 1.82) is 0 Å². The zero-order valence-corrected chi connectivity index (χ0v) is 25.3. The van der Waals surface area contributed by atoms with Gasteiger partial charge in [-0.25, -0.2) is 4.57 Å². The topological polar surface area (TPSA) is 7.12 Å². The van der Waals surface area contributed by atoms with Crippen LogP contribution in [0.3, 0.4) is 0 Å². The van der Waals surface area contributed by atoms with Gasteiger partial charge >= 0.3 is 0 Å². The Morgan fingerprint density at radius 1 is 0.442 bits per heavy atom. The highest BCUT2D eigenvalue weighted by molar-refractivity contribution is 7.19. The van der Waals surface area contributed by atoms with Crippen LogP contribution in [0.15, 0.2) is 170 Å². The van der Waals surface area contributed by atoms with Gasteiger partial charge in [0.25, 0.3) is 0 Å². The maximum absolute atomic E-state index is 2.26. The number of rotatable bonds is 7. The molecule has 0 radical (unpaired) electrons. The van der Waals surface area contributed by atoms with E-state index in [4.69, 9.17) is 0 Å². The fraction of sp³-hybridized carbons (Fsp3) is 0.0750. The monoisotopic (exact) mass is 558 g/mol. The third-order valence-electron chi connectivity index (χ3n) is 8.08. The second kappa shape index (κ2) is 14.2. The molecule has 0 unspecified atom stereocenters. The quantitative estimate of drug-likeness (QED) is 0.177. The van der Waals surface area contributed by atoms with Gasteiger partial charge in [-0.2, -0.15) is 21.9 Å². The van der Waals surface area contributed by atoms with Crippen LogP contribution in [0.4, 0.5) is 5.69 Å². The third-order valence-corrected chi connectivity index (χ3v) is 8.08. The lowest BCUT2D eigenvalue weighted by atomic mass is 9.13. The molecule has 0 bridgehead atoms. The number of aryl methyl sites for hydroxylation is 1. The molecule has 0 fully saturated rings. The van der Waals surface area contributed by atoms with Gasteiger partial charge in [-0.15, -0.1) is 0 Å². The van der Waals surface area contributed by atoms with Crippen LogP contribution in [0.5, 0.6) is 0 Å². The summed E-state index contributed by atoms with van der Waals surface area (Å²) in [4.78, 5) is 2.10. The molecule has 0 saturated heterocycles. The molecular weight excluding hydrogens is 519 g/mol. The average Bonchev–Trinajstić information content (AvgIpc) is 3.07. The van der Waals surface area contributed by atoms with E-state index in [0.29, 0.717) is 0 Å². The number of pyridine rings is 1. The van der Waals surface area contributed by atoms with Gasteiger partial charge < -0.3 is 4.90 Å². The van der Waals surface area contributed by atoms with E-state index in [1.807, 2.05) is 11.6 Å². The molecule has 6 aromatic rings. The molecule has 2 nitrogen and oxygen atoms in total. The Bertz CT molecular complexity index is 1530. The molecular formula is C40H39BN2. The van der Waals surface area contributed by atoms with Gasteiger partial charge in [0.2, 0.25) is 0 Å². The lowest BCUT2D eigenvalue weighted by Crippen LogP contribution is -2.74. The summed E-state index contributed by atoms with van der Waals surface area (Å²) in [7, 11) is 6.12. The first kappa shape index (κ1) is 29.4. The molecule has 0 atom stereocenters. The third kappa shape index (κ3) is 7.02. The first-order valence-corrected chi connectivity index (χ1v) is 14.9. The van der Waals surface area contributed by atoms with Gasteiger partial charge in [0, 0.05) is 31.9 Å². The smallest absolute Gasteiger partial charge is 0.169 e. The van der Waals surface area contributed by atoms with Crippen LogP contribution >= 0.6 is 0 Å². The minimum Gasteiger partial charge on any atom is -0.378 e. The lowest BCUT2D eigenvalue weighted by molar-refractivity contribution is -0.671. The summed E-state index contributed by atoms with van der Waals surface area (Å²) in [6.45, 7) is 0. The molecule has 0 spiro atoms. The molecule has 1 heterocycles. The molecule has 0 saturated carbocycles. The zero-order valence-electron chi connectivity index (χ0n) is 25.3. The summed E-state index contributed by atoms with van der Waals surface area (Å²) in [5, 5.41) is 0. The van der Waals surface area contributed by atoms with Gasteiger partial charge in [-0.05, 0) is 23.3 Å². The summed E-state index contributed by atoms with van der Waals surface area (Å²) < 4.78 is 2.03. The Labute approximate surface area is 257 Å². The summed E-state index contributed by atoms with van der Waals surface area (Å²) >= 11 is 0. The minimum absolute atomic E-state index is 1.21. The van der Waals surface area contributed by atoms with E-state index in [0.717, 1.165) is 0 Å². The summed E-state index contributed by atoms with van der Waals surface area (Å²) in [5.41, 5.74) is 9.01. The number of hydrogen-bond donors (Lipinski definition) is 0. The lowest BCUT2D eigenvalue weighted by Gasteiger charge is -2.44.